The molecular weight excluding hydrogens is 427 g/mol. The van der Waals surface area contributed by atoms with Gasteiger partial charge in [0.2, 0.25) is 5.91 Å². The van der Waals surface area contributed by atoms with Crippen LogP contribution in [0.4, 0.5) is 0 Å². The molecule has 172 valence electrons. The van der Waals surface area contributed by atoms with Crippen LogP contribution >= 0.6 is 24.8 Å². The lowest BCUT2D eigenvalue weighted by molar-refractivity contribution is -0.170. The molecule has 0 aliphatic heterocycles. The summed E-state index contributed by atoms with van der Waals surface area (Å²) in [5.41, 5.74) is 6.56. The molecule has 1 aliphatic rings. The highest BCUT2D eigenvalue weighted by atomic mass is 35.5. The summed E-state index contributed by atoms with van der Waals surface area (Å²) >= 11 is 0. The van der Waals surface area contributed by atoms with E-state index >= 15 is 0 Å². The Balaban J connectivity index is 0.00000420. The van der Waals surface area contributed by atoms with Crippen LogP contribution in [0.5, 0.6) is 0 Å². The third kappa shape index (κ3) is 6.31. The summed E-state index contributed by atoms with van der Waals surface area (Å²) in [6, 6.07) is 7.23. The van der Waals surface area contributed by atoms with Gasteiger partial charge in [-0.1, -0.05) is 26.0 Å². The van der Waals surface area contributed by atoms with Crippen LogP contribution in [-0.2, 0) is 16.1 Å². The number of likely N-dealkylation sites (N-methyl/N-ethyl adjacent to an activating group) is 1. The molecule has 0 radical (unpaired) electrons. The Hall–Kier alpha value is -1.38. The summed E-state index contributed by atoms with van der Waals surface area (Å²) in [6.45, 7) is 8.26. The van der Waals surface area contributed by atoms with Gasteiger partial charge in [-0.15, -0.1) is 24.8 Å². The van der Waals surface area contributed by atoms with Crippen molar-refractivity contribution in [1.29, 1.82) is 0 Å². The molecule has 7 nitrogen and oxygen atoms in total. The Bertz CT molecular complexity index is 698. The van der Waals surface area contributed by atoms with E-state index in [-0.39, 0.29) is 42.7 Å². The maximum atomic E-state index is 12.7. The molecule has 2 unspecified atom stereocenters. The summed E-state index contributed by atoms with van der Waals surface area (Å²) in [4.78, 5) is 26.8. The number of amides is 2. The molecule has 0 bridgehead atoms. The molecule has 0 saturated heterocycles. The van der Waals surface area contributed by atoms with E-state index < -0.39 is 11.0 Å². The number of hydrogen-bond acceptors (Lipinski definition) is 5. The highest BCUT2D eigenvalue weighted by Gasteiger charge is 2.62. The zero-order valence-electron chi connectivity index (χ0n) is 18.5. The molecule has 4 N–H and O–H groups in total. The molecular formula is C21H36Cl2N4O3. The van der Waals surface area contributed by atoms with Crippen LogP contribution in [0.2, 0.25) is 0 Å². The number of hydrogen-bond donors (Lipinski definition) is 3. The quantitative estimate of drug-likeness (QED) is 0.521. The molecule has 0 spiro atoms. The first kappa shape index (κ1) is 28.6. The number of halogens is 2. The average Bonchev–Trinajstić information content (AvgIpc) is 2.65. The lowest BCUT2D eigenvalue weighted by atomic mass is 9.54. The fraction of sp³-hybridized carbons (Fsp3) is 0.619. The third-order valence-corrected chi connectivity index (χ3v) is 5.75. The third-order valence-electron chi connectivity index (χ3n) is 5.75. The summed E-state index contributed by atoms with van der Waals surface area (Å²) in [5, 5.41) is 5.81. The fourth-order valence-electron chi connectivity index (χ4n) is 3.43. The van der Waals surface area contributed by atoms with Gasteiger partial charge in [-0.05, 0) is 38.7 Å². The Labute approximate surface area is 192 Å². The van der Waals surface area contributed by atoms with E-state index in [0.717, 1.165) is 12.1 Å². The minimum Gasteiger partial charge on any atom is -0.378 e. The van der Waals surface area contributed by atoms with E-state index in [2.05, 4.69) is 10.6 Å². The summed E-state index contributed by atoms with van der Waals surface area (Å²) in [7, 11) is 3.92. The van der Waals surface area contributed by atoms with Crippen molar-refractivity contribution in [2.24, 2.45) is 11.1 Å². The molecule has 1 aromatic rings. The zero-order chi connectivity index (χ0) is 20.9. The van der Waals surface area contributed by atoms with Crippen molar-refractivity contribution in [3.63, 3.8) is 0 Å². The molecule has 1 saturated carbocycles. The van der Waals surface area contributed by atoms with Crippen molar-refractivity contribution >= 4 is 36.6 Å². The van der Waals surface area contributed by atoms with Crippen molar-refractivity contribution in [1.82, 2.24) is 15.5 Å². The van der Waals surface area contributed by atoms with Crippen LogP contribution in [0.15, 0.2) is 24.3 Å². The number of nitrogens with two attached hydrogens (primary N) is 1. The molecule has 30 heavy (non-hydrogen) atoms. The number of nitrogens with zero attached hydrogens (tertiary/aromatic N) is 1. The standard InChI is InChI=1S/C21H34N4O3.2ClH/c1-6-28-17-13-21(22,20(17,2)3)19(27)24-14-15-7-9-16(10-8-15)18(26)23-11-12-25(4)5;;/h7-10,17H,6,11-14,22H2,1-5H3,(H,23,26)(H,24,27);2*1H. The number of rotatable bonds is 9. The van der Waals surface area contributed by atoms with Crippen LogP contribution in [0.25, 0.3) is 0 Å². The second-order valence-electron chi connectivity index (χ2n) is 8.28. The SMILES string of the molecule is CCOC1CC(N)(C(=O)NCc2ccc(C(=O)NCCN(C)C)cc2)C1(C)C.Cl.Cl. The highest BCUT2D eigenvalue weighted by molar-refractivity contribution is 5.94. The first-order valence-electron chi connectivity index (χ1n) is 9.82. The number of nitrogens with one attached hydrogen (secondary N) is 2. The maximum Gasteiger partial charge on any atom is 0.251 e. The van der Waals surface area contributed by atoms with E-state index in [1.807, 2.05) is 51.9 Å². The second kappa shape index (κ2) is 11.9. The first-order chi connectivity index (χ1) is 13.1. The van der Waals surface area contributed by atoms with E-state index in [1.165, 1.54) is 0 Å². The molecule has 2 atom stereocenters. The van der Waals surface area contributed by atoms with Gasteiger partial charge in [0.25, 0.3) is 5.91 Å². The minimum absolute atomic E-state index is 0. The number of carbonyl (C=O) groups is 2. The number of carbonyl (C=O) groups excluding carboxylic acids is 2. The molecule has 1 fully saturated rings. The summed E-state index contributed by atoms with van der Waals surface area (Å²) < 4.78 is 5.68. The monoisotopic (exact) mass is 462 g/mol. The van der Waals surface area contributed by atoms with Crippen LogP contribution < -0.4 is 16.4 Å². The lowest BCUT2D eigenvalue weighted by Gasteiger charge is -2.57. The van der Waals surface area contributed by atoms with Crippen molar-refractivity contribution in [2.75, 3.05) is 33.8 Å². The van der Waals surface area contributed by atoms with Crippen LogP contribution in [0.3, 0.4) is 0 Å². The molecule has 1 aromatic carbocycles. The Morgan fingerprint density at radius 3 is 2.27 bits per heavy atom. The summed E-state index contributed by atoms with van der Waals surface area (Å²) in [6.07, 6.45) is 0.518. The van der Waals surface area contributed by atoms with E-state index in [9.17, 15) is 9.59 Å². The number of benzene rings is 1. The van der Waals surface area contributed by atoms with Crippen molar-refractivity contribution in [3.8, 4) is 0 Å². The van der Waals surface area contributed by atoms with Gasteiger partial charge < -0.3 is 26.0 Å². The lowest BCUT2D eigenvalue weighted by Crippen LogP contribution is -2.75. The highest BCUT2D eigenvalue weighted by Crippen LogP contribution is 2.49. The van der Waals surface area contributed by atoms with Gasteiger partial charge in [0.05, 0.1) is 6.10 Å². The average molecular weight is 463 g/mol. The number of ether oxygens (including phenoxy) is 1. The van der Waals surface area contributed by atoms with Gasteiger partial charge >= 0.3 is 0 Å². The topological polar surface area (TPSA) is 96.7 Å². The normalized spacial score (nSPS) is 21.6. The fourth-order valence-corrected chi connectivity index (χ4v) is 3.43. The van der Waals surface area contributed by atoms with E-state index in [0.29, 0.717) is 31.7 Å². The van der Waals surface area contributed by atoms with Crippen LogP contribution in [0.1, 0.15) is 43.1 Å². The van der Waals surface area contributed by atoms with Crippen molar-refractivity contribution in [2.45, 2.75) is 45.4 Å². The minimum atomic E-state index is -0.931. The van der Waals surface area contributed by atoms with Crippen molar-refractivity contribution in [3.05, 3.63) is 35.4 Å². The molecule has 0 aromatic heterocycles. The van der Waals surface area contributed by atoms with Gasteiger partial charge in [0.15, 0.2) is 0 Å². The Morgan fingerprint density at radius 1 is 1.17 bits per heavy atom. The Morgan fingerprint density at radius 2 is 1.77 bits per heavy atom. The van der Waals surface area contributed by atoms with Gasteiger partial charge in [-0.25, -0.2) is 0 Å². The molecule has 9 heteroatoms. The molecule has 1 aliphatic carbocycles. The molecule has 2 rings (SSSR count). The smallest absolute Gasteiger partial charge is 0.251 e. The second-order valence-corrected chi connectivity index (χ2v) is 8.28. The van der Waals surface area contributed by atoms with E-state index in [1.54, 1.807) is 12.1 Å². The predicted molar refractivity (Wildman–Crippen MR) is 124 cm³/mol. The van der Waals surface area contributed by atoms with Gasteiger partial charge in [0, 0.05) is 43.6 Å². The molecule has 2 amide bonds. The predicted octanol–water partition coefficient (Wildman–Crippen LogP) is 1.97. The maximum absolute atomic E-state index is 12.7. The van der Waals surface area contributed by atoms with Gasteiger partial charge in [-0.2, -0.15) is 0 Å². The zero-order valence-corrected chi connectivity index (χ0v) is 20.1. The largest absolute Gasteiger partial charge is 0.378 e. The molecule has 0 heterocycles. The van der Waals surface area contributed by atoms with Crippen molar-refractivity contribution < 1.29 is 14.3 Å². The van der Waals surface area contributed by atoms with Gasteiger partial charge in [0.1, 0.15) is 5.54 Å². The summed E-state index contributed by atoms with van der Waals surface area (Å²) in [5.74, 6) is -0.268. The van der Waals surface area contributed by atoms with E-state index in [4.69, 9.17) is 10.5 Å². The van der Waals surface area contributed by atoms with Crippen LogP contribution in [0, 0.1) is 5.41 Å². The Kier molecular flexibility index (Phi) is 11.3. The van der Waals surface area contributed by atoms with Crippen LogP contribution in [-0.4, -0.2) is 62.1 Å². The first-order valence-corrected chi connectivity index (χ1v) is 9.82. The van der Waals surface area contributed by atoms with Gasteiger partial charge in [-0.3, -0.25) is 9.59 Å².